The molecule has 2 atom stereocenters. The minimum atomic E-state index is -4.00. The number of nitrogens with zero attached hydrogens (tertiary/aromatic N) is 1. The molecule has 37 heavy (non-hydrogen) atoms. The monoisotopic (exact) mass is 507 g/mol. The van der Waals surface area contributed by atoms with Gasteiger partial charge in [-0.1, -0.05) is 66.7 Å². The van der Waals surface area contributed by atoms with Crippen LogP contribution in [0.15, 0.2) is 108 Å². The predicted molar refractivity (Wildman–Crippen MR) is 137 cm³/mol. The fourth-order valence-corrected chi connectivity index (χ4v) is 7.30. The summed E-state index contributed by atoms with van der Waals surface area (Å²) in [5.74, 6) is -1.65. The average Bonchev–Trinajstić information content (AvgIpc) is 3.20. The fraction of sp³-hybridized carbons (Fsp3) is 0.133. The Bertz CT molecular complexity index is 1570. The number of amides is 2. The second-order valence-electron chi connectivity index (χ2n) is 9.62. The topological polar surface area (TPSA) is 80.8 Å². The highest BCUT2D eigenvalue weighted by Gasteiger charge is 2.61. The van der Waals surface area contributed by atoms with Crippen molar-refractivity contribution in [1.29, 1.82) is 0 Å². The van der Waals surface area contributed by atoms with E-state index in [0.717, 1.165) is 22.3 Å². The van der Waals surface area contributed by atoms with E-state index in [1.54, 1.807) is 30.3 Å². The Hall–Kier alpha value is -4.23. The van der Waals surface area contributed by atoms with Gasteiger partial charge in [-0.3, -0.25) is 9.59 Å². The van der Waals surface area contributed by atoms with Crippen molar-refractivity contribution in [2.75, 3.05) is 4.90 Å². The van der Waals surface area contributed by atoms with Crippen molar-refractivity contribution in [3.63, 3.8) is 0 Å². The third-order valence-electron chi connectivity index (χ3n) is 7.78. The lowest BCUT2D eigenvalue weighted by atomic mass is 9.55. The zero-order valence-electron chi connectivity index (χ0n) is 19.5. The number of imide groups is 1. The highest BCUT2D eigenvalue weighted by atomic mass is 32.2. The molecule has 1 saturated heterocycles. The summed E-state index contributed by atoms with van der Waals surface area (Å²) in [6.45, 7) is 0. The standard InChI is InChI=1S/C30H21NO5S/c32-29-27-25-21-10-4-5-11-22(21)26(24-13-7-6-12-23(24)25)28(27)30(33)31(29)18-14-16-19(17-15-18)36-37(34,35)20-8-2-1-3-9-20/h1-17,25-28H. The van der Waals surface area contributed by atoms with Gasteiger partial charge in [0.05, 0.1) is 17.5 Å². The normalized spacial score (nSPS) is 23.4. The van der Waals surface area contributed by atoms with Crippen LogP contribution in [0.5, 0.6) is 5.75 Å². The van der Waals surface area contributed by atoms with Crippen LogP contribution in [0.1, 0.15) is 34.1 Å². The van der Waals surface area contributed by atoms with Gasteiger partial charge in [-0.2, -0.15) is 8.42 Å². The molecular weight excluding hydrogens is 486 g/mol. The van der Waals surface area contributed by atoms with E-state index < -0.39 is 22.0 Å². The Labute approximate surface area is 214 Å². The summed E-state index contributed by atoms with van der Waals surface area (Å²) in [5.41, 5.74) is 4.87. The molecule has 6 nitrogen and oxygen atoms in total. The molecular formula is C30H21NO5S. The zero-order chi connectivity index (χ0) is 25.3. The minimum Gasteiger partial charge on any atom is -0.379 e. The number of anilines is 1. The second-order valence-corrected chi connectivity index (χ2v) is 11.2. The van der Waals surface area contributed by atoms with Crippen molar-refractivity contribution < 1.29 is 22.2 Å². The Morgan fingerprint density at radius 1 is 0.568 bits per heavy atom. The van der Waals surface area contributed by atoms with E-state index in [0.29, 0.717) is 5.69 Å². The van der Waals surface area contributed by atoms with Gasteiger partial charge in [0, 0.05) is 11.8 Å². The molecule has 0 N–H and O–H groups in total. The summed E-state index contributed by atoms with van der Waals surface area (Å²) in [6, 6.07) is 30.1. The first-order valence-corrected chi connectivity index (χ1v) is 13.5. The molecule has 182 valence electrons. The molecule has 2 bridgehead atoms. The zero-order valence-corrected chi connectivity index (χ0v) is 20.3. The summed E-state index contributed by atoms with van der Waals surface area (Å²) in [7, 11) is -4.00. The Kier molecular flexibility index (Phi) is 4.69. The van der Waals surface area contributed by atoms with E-state index in [1.165, 1.54) is 29.2 Å². The highest BCUT2D eigenvalue weighted by Crippen LogP contribution is 2.61. The van der Waals surface area contributed by atoms with Gasteiger partial charge in [0.2, 0.25) is 11.8 Å². The molecule has 4 aliphatic rings. The largest absolute Gasteiger partial charge is 0.379 e. The van der Waals surface area contributed by atoms with Gasteiger partial charge in [-0.05, 0) is 58.7 Å². The Morgan fingerprint density at radius 2 is 1.00 bits per heavy atom. The molecule has 0 saturated carbocycles. The number of rotatable bonds is 4. The van der Waals surface area contributed by atoms with Crippen molar-refractivity contribution in [3.05, 3.63) is 125 Å². The smallest absolute Gasteiger partial charge is 0.339 e. The highest BCUT2D eigenvalue weighted by molar-refractivity contribution is 7.87. The van der Waals surface area contributed by atoms with E-state index in [4.69, 9.17) is 4.18 Å². The molecule has 2 unspecified atom stereocenters. The summed E-state index contributed by atoms with van der Waals surface area (Å²) in [5, 5.41) is 0. The molecule has 0 radical (unpaired) electrons. The van der Waals surface area contributed by atoms with Crippen LogP contribution in [-0.2, 0) is 19.7 Å². The minimum absolute atomic E-state index is 0.0441. The van der Waals surface area contributed by atoms with Gasteiger partial charge in [0.1, 0.15) is 10.6 Å². The van der Waals surface area contributed by atoms with E-state index >= 15 is 0 Å². The Morgan fingerprint density at radius 3 is 1.46 bits per heavy atom. The molecule has 2 amide bonds. The van der Waals surface area contributed by atoms with Crippen molar-refractivity contribution in [3.8, 4) is 5.75 Å². The fourth-order valence-electron chi connectivity index (χ4n) is 6.34. The lowest BCUT2D eigenvalue weighted by Gasteiger charge is -2.45. The molecule has 1 heterocycles. The maximum absolute atomic E-state index is 13.8. The number of carbonyl (C=O) groups excluding carboxylic acids is 2. The van der Waals surface area contributed by atoms with Crippen LogP contribution in [0.4, 0.5) is 5.69 Å². The third-order valence-corrected chi connectivity index (χ3v) is 9.04. The number of benzene rings is 4. The number of hydrogen-bond donors (Lipinski definition) is 0. The van der Waals surface area contributed by atoms with Crippen molar-refractivity contribution in [2.24, 2.45) is 11.8 Å². The SMILES string of the molecule is O=C1C2C3c4ccccc4C(c4ccccc43)C2C(=O)N1c1ccc(OS(=O)(=O)c2ccccc2)cc1. The van der Waals surface area contributed by atoms with Crippen LogP contribution in [0.25, 0.3) is 0 Å². The molecule has 1 aliphatic heterocycles. The molecule has 4 aromatic carbocycles. The molecule has 1 fully saturated rings. The van der Waals surface area contributed by atoms with Crippen molar-refractivity contribution >= 4 is 27.6 Å². The molecule has 0 spiro atoms. The molecule has 8 rings (SSSR count). The van der Waals surface area contributed by atoms with Gasteiger partial charge in [-0.25, -0.2) is 4.90 Å². The predicted octanol–water partition coefficient (Wildman–Crippen LogP) is 4.85. The van der Waals surface area contributed by atoms with E-state index in [1.807, 2.05) is 24.3 Å². The molecule has 0 aromatic heterocycles. The van der Waals surface area contributed by atoms with Gasteiger partial charge >= 0.3 is 10.1 Å². The summed E-state index contributed by atoms with van der Waals surface area (Å²) in [4.78, 5) is 29.0. The van der Waals surface area contributed by atoms with Gasteiger partial charge in [-0.15, -0.1) is 0 Å². The first-order valence-electron chi connectivity index (χ1n) is 12.1. The van der Waals surface area contributed by atoms with E-state index in [-0.39, 0.29) is 34.3 Å². The number of hydrogen-bond acceptors (Lipinski definition) is 5. The van der Waals surface area contributed by atoms with Gasteiger partial charge in [0.25, 0.3) is 0 Å². The van der Waals surface area contributed by atoms with Crippen LogP contribution >= 0.6 is 0 Å². The second kappa shape index (κ2) is 7.88. The Balaban J connectivity index is 1.24. The maximum Gasteiger partial charge on any atom is 0.339 e. The third kappa shape index (κ3) is 3.13. The van der Waals surface area contributed by atoms with E-state index in [2.05, 4.69) is 24.3 Å². The van der Waals surface area contributed by atoms with Gasteiger partial charge < -0.3 is 4.18 Å². The van der Waals surface area contributed by atoms with Crippen LogP contribution in [0, 0.1) is 11.8 Å². The van der Waals surface area contributed by atoms with Crippen LogP contribution in [0.2, 0.25) is 0 Å². The molecule has 7 heteroatoms. The summed E-state index contributed by atoms with van der Waals surface area (Å²) >= 11 is 0. The molecule has 3 aliphatic carbocycles. The lowest BCUT2D eigenvalue weighted by Crippen LogP contribution is -2.41. The van der Waals surface area contributed by atoms with Crippen LogP contribution in [0.3, 0.4) is 0 Å². The summed E-state index contributed by atoms with van der Waals surface area (Å²) < 4.78 is 30.4. The lowest BCUT2D eigenvalue weighted by molar-refractivity contribution is -0.122. The van der Waals surface area contributed by atoms with E-state index in [9.17, 15) is 18.0 Å². The van der Waals surface area contributed by atoms with Crippen LogP contribution in [-0.4, -0.2) is 20.2 Å². The number of carbonyl (C=O) groups is 2. The summed E-state index contributed by atoms with van der Waals surface area (Å²) in [6.07, 6.45) is 0. The quantitative estimate of drug-likeness (QED) is 0.291. The average molecular weight is 508 g/mol. The van der Waals surface area contributed by atoms with Crippen molar-refractivity contribution in [2.45, 2.75) is 16.7 Å². The van der Waals surface area contributed by atoms with Gasteiger partial charge in [0.15, 0.2) is 0 Å². The van der Waals surface area contributed by atoms with Crippen LogP contribution < -0.4 is 9.08 Å². The van der Waals surface area contributed by atoms with Crippen molar-refractivity contribution in [1.82, 2.24) is 0 Å². The first-order chi connectivity index (χ1) is 18.0. The first kappa shape index (κ1) is 22.0. The molecule has 4 aromatic rings. The maximum atomic E-state index is 13.8.